The summed E-state index contributed by atoms with van der Waals surface area (Å²) < 4.78 is 0. The third-order valence-electron chi connectivity index (χ3n) is 1.46. The van der Waals surface area contributed by atoms with Gasteiger partial charge in [-0.25, -0.2) is 0 Å². The van der Waals surface area contributed by atoms with E-state index in [1.807, 2.05) is 0 Å². The molecule has 0 bridgehead atoms. The Morgan fingerprint density at radius 3 is 2.42 bits per heavy atom. The van der Waals surface area contributed by atoms with E-state index in [1.165, 1.54) is 6.07 Å². The molecule has 68 valence electrons. The molecule has 1 aromatic carbocycles. The molecular formula is C8H8CuNO2. The zero-order valence-electron chi connectivity index (χ0n) is 6.29. The van der Waals surface area contributed by atoms with Gasteiger partial charge in [-0.2, -0.15) is 0 Å². The van der Waals surface area contributed by atoms with Crippen molar-refractivity contribution < 1.29 is 22.0 Å². The van der Waals surface area contributed by atoms with Crippen LogP contribution in [0.2, 0.25) is 0 Å². The molecule has 0 fully saturated rings. The van der Waals surface area contributed by atoms with Crippen molar-refractivity contribution in [3.8, 4) is 0 Å². The molecular weight excluding hydrogens is 206 g/mol. The second-order valence-corrected chi connectivity index (χ2v) is 2.14. The average molecular weight is 214 g/mol. The van der Waals surface area contributed by atoms with Crippen LogP contribution in [0, 0.1) is 17.0 Å². The number of benzene rings is 1. The number of rotatable bonds is 2. The van der Waals surface area contributed by atoms with Gasteiger partial charge in [0.15, 0.2) is 0 Å². The van der Waals surface area contributed by atoms with E-state index < -0.39 is 0 Å². The molecule has 0 radical (unpaired) electrons. The molecule has 0 aliphatic carbocycles. The third-order valence-corrected chi connectivity index (χ3v) is 1.46. The Labute approximate surface area is 81.4 Å². The summed E-state index contributed by atoms with van der Waals surface area (Å²) in [7, 11) is 0. The number of nitro benzene ring substituents is 1. The Bertz CT molecular complexity index is 276. The Balaban J connectivity index is 0.00000121. The molecule has 0 saturated heterocycles. The van der Waals surface area contributed by atoms with E-state index in [2.05, 4.69) is 6.92 Å². The first-order valence-corrected chi connectivity index (χ1v) is 3.27. The van der Waals surface area contributed by atoms with E-state index in [-0.39, 0.29) is 27.7 Å². The van der Waals surface area contributed by atoms with Crippen molar-refractivity contribution in [2.45, 2.75) is 6.42 Å². The fourth-order valence-corrected chi connectivity index (χ4v) is 0.900. The molecule has 0 N–H and O–H groups in total. The zero-order chi connectivity index (χ0) is 8.27. The minimum Gasteiger partial charge on any atom is -0.339 e. The fraction of sp³-hybridized carbons (Fsp3) is 0.125. The summed E-state index contributed by atoms with van der Waals surface area (Å²) in [5, 5.41) is 10.4. The first kappa shape index (κ1) is 11.1. The van der Waals surface area contributed by atoms with Crippen LogP contribution in [0.15, 0.2) is 24.3 Å². The van der Waals surface area contributed by atoms with E-state index in [0.717, 1.165) is 0 Å². The first-order valence-electron chi connectivity index (χ1n) is 3.27. The summed E-state index contributed by atoms with van der Waals surface area (Å²) >= 11 is 0. The maximum absolute atomic E-state index is 10.4. The molecule has 1 aromatic rings. The molecule has 0 aliphatic heterocycles. The van der Waals surface area contributed by atoms with Crippen molar-refractivity contribution in [1.29, 1.82) is 0 Å². The largest absolute Gasteiger partial charge is 1.00 e. The van der Waals surface area contributed by atoms with Crippen molar-refractivity contribution in [2.24, 2.45) is 0 Å². The minimum atomic E-state index is -0.388. The van der Waals surface area contributed by atoms with Crippen LogP contribution < -0.4 is 0 Å². The van der Waals surface area contributed by atoms with Gasteiger partial charge in [-0.15, -0.1) is 6.42 Å². The summed E-state index contributed by atoms with van der Waals surface area (Å²) in [4.78, 5) is 9.97. The topological polar surface area (TPSA) is 43.1 Å². The summed E-state index contributed by atoms with van der Waals surface area (Å²) in [6, 6.07) is 6.62. The summed E-state index contributed by atoms with van der Waals surface area (Å²) in [5.41, 5.74) is 0.833. The number of hydrogen-bond acceptors (Lipinski definition) is 2. The molecule has 0 heterocycles. The van der Waals surface area contributed by atoms with Gasteiger partial charge < -0.3 is 6.92 Å². The molecule has 0 aliphatic rings. The van der Waals surface area contributed by atoms with Crippen LogP contribution >= 0.6 is 0 Å². The quantitative estimate of drug-likeness (QED) is 0.326. The van der Waals surface area contributed by atoms with Crippen LogP contribution in [0.3, 0.4) is 0 Å². The van der Waals surface area contributed by atoms with Crippen LogP contribution in [0.5, 0.6) is 0 Å². The maximum Gasteiger partial charge on any atom is 1.00 e. The van der Waals surface area contributed by atoms with Crippen LogP contribution in [0.1, 0.15) is 5.56 Å². The van der Waals surface area contributed by atoms with Gasteiger partial charge in [0.1, 0.15) is 0 Å². The SMILES string of the molecule is [CH2-]Cc1ccccc1[N+](=O)[O-].[Cu+]. The third kappa shape index (κ3) is 2.32. The predicted octanol–water partition coefficient (Wildman–Crippen LogP) is 1.97. The molecule has 0 spiro atoms. The monoisotopic (exact) mass is 213 g/mol. The van der Waals surface area contributed by atoms with Crippen molar-refractivity contribution in [1.82, 2.24) is 0 Å². The van der Waals surface area contributed by atoms with Crippen molar-refractivity contribution in [3.63, 3.8) is 0 Å². The zero-order valence-corrected chi connectivity index (χ0v) is 7.23. The summed E-state index contributed by atoms with van der Waals surface area (Å²) in [5.74, 6) is 0. The molecule has 12 heavy (non-hydrogen) atoms. The molecule has 0 unspecified atom stereocenters. The summed E-state index contributed by atoms with van der Waals surface area (Å²) in [6.45, 7) is 3.59. The molecule has 4 heteroatoms. The van der Waals surface area contributed by atoms with E-state index in [9.17, 15) is 10.1 Å². The van der Waals surface area contributed by atoms with Crippen LogP contribution in [0.25, 0.3) is 0 Å². The normalized spacial score (nSPS) is 8.75. The molecule has 3 nitrogen and oxygen atoms in total. The average Bonchev–Trinajstić information content (AvgIpc) is 2.04. The van der Waals surface area contributed by atoms with Crippen molar-refractivity contribution in [2.75, 3.05) is 0 Å². The fourth-order valence-electron chi connectivity index (χ4n) is 0.900. The van der Waals surface area contributed by atoms with Crippen LogP contribution in [0.4, 0.5) is 5.69 Å². The van der Waals surface area contributed by atoms with E-state index >= 15 is 0 Å². The molecule has 0 amide bonds. The number of hydrogen-bond donors (Lipinski definition) is 0. The smallest absolute Gasteiger partial charge is 0.339 e. The van der Waals surface area contributed by atoms with Gasteiger partial charge in [0.2, 0.25) is 0 Å². The summed E-state index contributed by atoms with van der Waals surface area (Å²) in [6.07, 6.45) is 0.456. The first-order chi connectivity index (χ1) is 5.25. The van der Waals surface area contributed by atoms with E-state index in [0.29, 0.717) is 12.0 Å². The Kier molecular flexibility index (Phi) is 4.55. The van der Waals surface area contributed by atoms with Gasteiger partial charge in [-0.05, 0) is 0 Å². The minimum absolute atomic E-state index is 0. The Hall–Kier alpha value is -0.861. The van der Waals surface area contributed by atoms with Gasteiger partial charge in [-0.3, -0.25) is 10.1 Å². The van der Waals surface area contributed by atoms with Gasteiger partial charge in [0.05, 0.1) is 4.92 Å². The molecule has 1 rings (SSSR count). The van der Waals surface area contributed by atoms with Crippen LogP contribution in [-0.2, 0) is 23.5 Å². The van der Waals surface area contributed by atoms with E-state index in [4.69, 9.17) is 0 Å². The van der Waals surface area contributed by atoms with Gasteiger partial charge in [0, 0.05) is 11.6 Å². The molecule has 0 atom stereocenters. The Morgan fingerprint density at radius 1 is 1.42 bits per heavy atom. The molecule has 0 saturated carbocycles. The maximum atomic E-state index is 10.4. The Morgan fingerprint density at radius 2 is 2.00 bits per heavy atom. The molecule has 0 aromatic heterocycles. The second-order valence-electron chi connectivity index (χ2n) is 2.14. The second kappa shape index (κ2) is 4.91. The number of para-hydroxylation sites is 1. The van der Waals surface area contributed by atoms with Gasteiger partial charge in [-0.1, -0.05) is 18.2 Å². The van der Waals surface area contributed by atoms with Crippen molar-refractivity contribution >= 4 is 5.69 Å². The van der Waals surface area contributed by atoms with Crippen LogP contribution in [-0.4, -0.2) is 4.92 Å². The van der Waals surface area contributed by atoms with Crippen molar-refractivity contribution in [3.05, 3.63) is 46.9 Å². The van der Waals surface area contributed by atoms with Gasteiger partial charge >= 0.3 is 17.1 Å². The predicted molar refractivity (Wildman–Crippen MR) is 42.2 cm³/mol. The number of nitrogens with zero attached hydrogens (tertiary/aromatic N) is 1. The number of nitro groups is 1. The standard InChI is InChI=1S/C8H8NO2.Cu/c1-2-7-5-3-4-6-8(7)9(10)11;/h3-6H,1-2H2;/q-1;+1. The van der Waals surface area contributed by atoms with Gasteiger partial charge in [0.25, 0.3) is 5.69 Å². The van der Waals surface area contributed by atoms with E-state index in [1.54, 1.807) is 18.2 Å².